The molecule has 0 aliphatic rings. The number of hydrogen-bond acceptors (Lipinski definition) is 7. The molecule has 0 saturated heterocycles. The number of carbonyl (C=O) groups is 3. The van der Waals surface area contributed by atoms with Gasteiger partial charge in [-0.2, -0.15) is 5.26 Å². The van der Waals surface area contributed by atoms with Gasteiger partial charge in [0.15, 0.2) is 0 Å². The maximum absolute atomic E-state index is 11.7. The van der Waals surface area contributed by atoms with Crippen LogP contribution in [-0.2, 0) is 9.59 Å². The third-order valence-electron chi connectivity index (χ3n) is 2.69. The number of nitro groups is 1. The van der Waals surface area contributed by atoms with Gasteiger partial charge < -0.3 is 5.32 Å². The van der Waals surface area contributed by atoms with Gasteiger partial charge in [-0.05, 0) is 12.5 Å². The number of nitro benzene ring substituents is 1. The summed E-state index contributed by atoms with van der Waals surface area (Å²) in [6, 6.07) is 4.56. The summed E-state index contributed by atoms with van der Waals surface area (Å²) >= 11 is 0. The van der Waals surface area contributed by atoms with E-state index in [-0.39, 0.29) is 5.69 Å². The topological polar surface area (TPSA) is 154 Å². The first-order chi connectivity index (χ1) is 11.2. The highest BCUT2D eigenvalue weighted by Gasteiger charge is 2.14. The van der Waals surface area contributed by atoms with E-state index in [1.54, 1.807) is 18.3 Å². The van der Waals surface area contributed by atoms with Crippen LogP contribution in [-0.4, -0.2) is 22.8 Å². The molecule has 0 fully saturated rings. The molecule has 10 heteroatoms. The third-order valence-corrected chi connectivity index (χ3v) is 2.69. The van der Waals surface area contributed by atoms with Crippen LogP contribution >= 0.6 is 0 Å². The predicted octanol–water partition coefficient (Wildman–Crippen LogP) is 1.09. The zero-order chi connectivity index (χ0) is 18.3. The number of imide groups is 2. The van der Waals surface area contributed by atoms with Gasteiger partial charge >= 0.3 is 6.03 Å². The molecule has 0 spiro atoms. The van der Waals surface area contributed by atoms with Crippen molar-refractivity contribution in [3.8, 4) is 6.07 Å². The molecule has 0 aliphatic heterocycles. The van der Waals surface area contributed by atoms with Crippen LogP contribution in [0.5, 0.6) is 0 Å². The fourth-order valence-corrected chi connectivity index (χ4v) is 1.54. The first kappa shape index (κ1) is 18.3. The third kappa shape index (κ3) is 5.23. The summed E-state index contributed by atoms with van der Waals surface area (Å²) in [5.41, 5.74) is 0.335. The molecule has 3 N–H and O–H groups in total. The lowest BCUT2D eigenvalue weighted by molar-refractivity contribution is -0.384. The number of non-ortho nitro benzene ring substituents is 1. The van der Waals surface area contributed by atoms with Crippen molar-refractivity contribution < 1.29 is 19.3 Å². The van der Waals surface area contributed by atoms with E-state index in [0.717, 1.165) is 13.1 Å². The van der Waals surface area contributed by atoms with Crippen LogP contribution in [0, 0.1) is 28.4 Å². The Bertz CT molecular complexity index is 778. The molecule has 1 aromatic carbocycles. The normalized spacial score (nSPS) is 10.3. The van der Waals surface area contributed by atoms with Crippen LogP contribution in [0.2, 0.25) is 0 Å². The lowest BCUT2D eigenvalue weighted by Gasteiger charge is -2.06. The molecule has 0 bridgehead atoms. The van der Waals surface area contributed by atoms with Gasteiger partial charge in [0.25, 0.3) is 11.6 Å². The Balaban J connectivity index is 2.90. The average molecular weight is 331 g/mol. The summed E-state index contributed by atoms with van der Waals surface area (Å²) in [6.45, 7) is 2.75. The van der Waals surface area contributed by atoms with Gasteiger partial charge in [-0.15, -0.1) is 0 Å². The van der Waals surface area contributed by atoms with Gasteiger partial charge in [0.1, 0.15) is 11.6 Å². The molecular weight excluding hydrogens is 318 g/mol. The minimum absolute atomic E-state index is 0.166. The van der Waals surface area contributed by atoms with Crippen molar-refractivity contribution in [1.82, 2.24) is 10.6 Å². The summed E-state index contributed by atoms with van der Waals surface area (Å²) in [5, 5.41) is 25.9. The average Bonchev–Trinajstić information content (AvgIpc) is 2.48. The van der Waals surface area contributed by atoms with E-state index in [0.29, 0.717) is 11.3 Å². The summed E-state index contributed by atoms with van der Waals surface area (Å²) in [6.07, 6.45) is 1.00. The Morgan fingerprint density at radius 3 is 2.50 bits per heavy atom. The summed E-state index contributed by atoms with van der Waals surface area (Å²) in [5.74, 6) is -1.71. The number of amides is 4. The summed E-state index contributed by atoms with van der Waals surface area (Å²) in [7, 11) is 0. The number of rotatable bonds is 4. The molecule has 0 unspecified atom stereocenters. The lowest BCUT2D eigenvalue weighted by atomic mass is 10.2. The number of urea groups is 1. The quantitative estimate of drug-likeness (QED) is 0.323. The van der Waals surface area contributed by atoms with Crippen LogP contribution in [0.1, 0.15) is 12.5 Å². The van der Waals surface area contributed by atoms with Crippen LogP contribution < -0.4 is 16.0 Å². The fraction of sp³-hybridized carbons (Fsp3) is 0.143. The van der Waals surface area contributed by atoms with Gasteiger partial charge in [-0.3, -0.25) is 30.3 Å². The fourth-order valence-electron chi connectivity index (χ4n) is 1.54. The summed E-state index contributed by atoms with van der Waals surface area (Å²) in [4.78, 5) is 43.8. The highest BCUT2D eigenvalue weighted by molar-refractivity contribution is 6.09. The standard InChI is InChI=1S/C14H13N5O5/c1-8-3-4-11(19(23)24)5-12(8)16-7-10(6-15)13(21)18-14(22)17-9(2)20/h3-5,7,16H,1-2H3,(H2,17,18,20,21,22)/b10-7+. The van der Waals surface area contributed by atoms with Crippen LogP contribution in [0.25, 0.3) is 0 Å². The smallest absolute Gasteiger partial charge is 0.328 e. The van der Waals surface area contributed by atoms with Gasteiger partial charge in [0.2, 0.25) is 5.91 Å². The SMILES string of the molecule is CC(=O)NC(=O)NC(=O)/C(C#N)=C/Nc1cc([N+](=O)[O-])ccc1C. The first-order valence-electron chi connectivity index (χ1n) is 6.49. The maximum atomic E-state index is 11.7. The van der Waals surface area contributed by atoms with Crippen molar-refractivity contribution >= 4 is 29.2 Å². The van der Waals surface area contributed by atoms with Crippen molar-refractivity contribution in [3.63, 3.8) is 0 Å². The van der Waals surface area contributed by atoms with Gasteiger partial charge in [-0.1, -0.05) is 6.07 Å². The Hall–Kier alpha value is -3.74. The number of carbonyl (C=O) groups excluding carboxylic acids is 3. The number of benzene rings is 1. The Labute approximate surface area is 136 Å². The Morgan fingerprint density at radius 1 is 1.29 bits per heavy atom. The van der Waals surface area contributed by atoms with E-state index in [9.17, 15) is 24.5 Å². The highest BCUT2D eigenvalue weighted by atomic mass is 16.6. The second-order valence-corrected chi connectivity index (χ2v) is 4.53. The molecule has 0 aliphatic carbocycles. The van der Waals surface area contributed by atoms with Crippen molar-refractivity contribution in [3.05, 3.63) is 45.6 Å². The minimum atomic E-state index is -1.07. The Morgan fingerprint density at radius 2 is 1.96 bits per heavy atom. The monoisotopic (exact) mass is 331 g/mol. The van der Waals surface area contributed by atoms with Crippen molar-refractivity contribution in [1.29, 1.82) is 5.26 Å². The molecule has 10 nitrogen and oxygen atoms in total. The number of anilines is 1. The minimum Gasteiger partial charge on any atom is -0.360 e. The number of nitrogens with zero attached hydrogens (tertiary/aromatic N) is 2. The molecule has 4 amide bonds. The maximum Gasteiger partial charge on any atom is 0.328 e. The second-order valence-electron chi connectivity index (χ2n) is 4.53. The van der Waals surface area contributed by atoms with Crippen molar-refractivity contribution in [2.24, 2.45) is 0 Å². The van der Waals surface area contributed by atoms with Crippen LogP contribution in [0.4, 0.5) is 16.2 Å². The zero-order valence-electron chi connectivity index (χ0n) is 12.7. The van der Waals surface area contributed by atoms with Gasteiger partial charge in [0, 0.05) is 30.9 Å². The van der Waals surface area contributed by atoms with Crippen molar-refractivity contribution in [2.45, 2.75) is 13.8 Å². The number of aryl methyl sites for hydroxylation is 1. The Kier molecular flexibility index (Phi) is 6.13. The highest BCUT2D eigenvalue weighted by Crippen LogP contribution is 2.21. The van der Waals surface area contributed by atoms with E-state index >= 15 is 0 Å². The van der Waals surface area contributed by atoms with Crippen LogP contribution in [0.3, 0.4) is 0 Å². The number of hydrogen-bond donors (Lipinski definition) is 3. The molecule has 1 aromatic rings. The van der Waals surface area contributed by atoms with Gasteiger partial charge in [-0.25, -0.2) is 4.79 Å². The molecule has 1 rings (SSSR count). The van der Waals surface area contributed by atoms with E-state index < -0.39 is 28.3 Å². The lowest BCUT2D eigenvalue weighted by Crippen LogP contribution is -2.42. The summed E-state index contributed by atoms with van der Waals surface area (Å²) < 4.78 is 0. The van der Waals surface area contributed by atoms with E-state index in [2.05, 4.69) is 5.32 Å². The predicted molar refractivity (Wildman–Crippen MR) is 82.5 cm³/mol. The second kappa shape index (κ2) is 8.04. The molecule has 0 radical (unpaired) electrons. The first-order valence-corrected chi connectivity index (χ1v) is 6.49. The number of nitriles is 1. The van der Waals surface area contributed by atoms with Crippen LogP contribution in [0.15, 0.2) is 30.0 Å². The largest absolute Gasteiger partial charge is 0.360 e. The van der Waals surface area contributed by atoms with E-state index in [1.165, 1.54) is 18.2 Å². The number of nitrogens with one attached hydrogen (secondary N) is 3. The molecule has 0 heterocycles. The molecule has 0 atom stereocenters. The van der Waals surface area contributed by atoms with E-state index in [4.69, 9.17) is 5.26 Å². The molecule has 0 saturated carbocycles. The van der Waals surface area contributed by atoms with E-state index in [1.807, 2.05) is 5.32 Å². The molecule has 24 heavy (non-hydrogen) atoms. The van der Waals surface area contributed by atoms with Crippen molar-refractivity contribution in [2.75, 3.05) is 5.32 Å². The zero-order valence-corrected chi connectivity index (χ0v) is 12.7. The molecular formula is C14H13N5O5. The molecule has 124 valence electrons. The van der Waals surface area contributed by atoms with Gasteiger partial charge in [0.05, 0.1) is 4.92 Å². The molecule has 0 aromatic heterocycles.